The quantitative estimate of drug-likeness (QED) is 0.0470. The van der Waals surface area contributed by atoms with Gasteiger partial charge in [0, 0.05) is 6.42 Å². The van der Waals surface area contributed by atoms with Crippen molar-refractivity contribution in [1.29, 1.82) is 0 Å². The van der Waals surface area contributed by atoms with Crippen LogP contribution in [0.1, 0.15) is 117 Å². The van der Waals surface area contributed by atoms with Crippen LogP contribution in [0.25, 0.3) is 0 Å². The van der Waals surface area contributed by atoms with Crippen LogP contribution in [0.3, 0.4) is 0 Å². The number of carbonyl (C=O) groups excluding carboxylic acids is 1. The Labute approximate surface area is 283 Å². The van der Waals surface area contributed by atoms with E-state index in [0.29, 0.717) is 13.0 Å². The van der Waals surface area contributed by atoms with Crippen molar-refractivity contribution in [2.24, 2.45) is 0 Å². The summed E-state index contributed by atoms with van der Waals surface area (Å²) >= 11 is 0. The Morgan fingerprint density at radius 1 is 0.370 bits per heavy atom. The number of rotatable bonds is 29. The Balaban J connectivity index is 3.61. The molecular weight excluding hydrogens is 560 g/mol. The van der Waals surface area contributed by atoms with E-state index in [2.05, 4.69) is 160 Å². The van der Waals surface area contributed by atoms with Gasteiger partial charge in [0.25, 0.3) is 0 Å². The zero-order valence-electron chi connectivity index (χ0n) is 29.2. The van der Waals surface area contributed by atoms with Crippen LogP contribution in [-0.2, 0) is 9.53 Å². The molecule has 2 nitrogen and oxygen atoms in total. The van der Waals surface area contributed by atoms with Crippen LogP contribution < -0.4 is 0 Å². The minimum absolute atomic E-state index is 0.109. The van der Waals surface area contributed by atoms with E-state index in [0.717, 1.165) is 96.3 Å². The summed E-state index contributed by atoms with van der Waals surface area (Å²) in [4.78, 5) is 11.9. The highest BCUT2D eigenvalue weighted by atomic mass is 16.5. The molecule has 0 saturated carbocycles. The lowest BCUT2D eigenvalue weighted by atomic mass is 10.2. The molecule has 0 aromatic carbocycles. The van der Waals surface area contributed by atoms with E-state index in [1.54, 1.807) is 0 Å². The van der Waals surface area contributed by atoms with E-state index in [1.165, 1.54) is 0 Å². The summed E-state index contributed by atoms with van der Waals surface area (Å²) < 4.78 is 5.35. The predicted molar refractivity (Wildman–Crippen MR) is 206 cm³/mol. The Morgan fingerprint density at radius 3 is 0.935 bits per heavy atom. The molecule has 0 aromatic heterocycles. The zero-order chi connectivity index (χ0) is 33.3. The number of unbranched alkanes of at least 4 members (excludes halogenated alkanes) is 1. The first kappa shape index (κ1) is 42.3. The number of hydrogen-bond acceptors (Lipinski definition) is 2. The molecule has 46 heavy (non-hydrogen) atoms. The topological polar surface area (TPSA) is 26.3 Å². The lowest BCUT2D eigenvalue weighted by Crippen LogP contribution is -2.04. The van der Waals surface area contributed by atoms with Gasteiger partial charge in [-0.05, 0) is 96.3 Å². The Morgan fingerprint density at radius 2 is 0.630 bits per heavy atom. The molecule has 0 aliphatic rings. The largest absolute Gasteiger partial charge is 0.466 e. The van der Waals surface area contributed by atoms with Crippen LogP contribution in [0.2, 0.25) is 0 Å². The van der Waals surface area contributed by atoms with Crippen molar-refractivity contribution in [3.05, 3.63) is 146 Å². The van der Waals surface area contributed by atoms with Crippen molar-refractivity contribution in [3.63, 3.8) is 0 Å². The first-order chi connectivity index (χ1) is 22.8. The second-order valence-electron chi connectivity index (χ2n) is 10.7. The predicted octanol–water partition coefficient (Wildman–Crippen LogP) is 13.5. The van der Waals surface area contributed by atoms with Crippen LogP contribution in [0.5, 0.6) is 0 Å². The molecule has 0 unspecified atom stereocenters. The minimum Gasteiger partial charge on any atom is -0.466 e. The van der Waals surface area contributed by atoms with Gasteiger partial charge in [0.05, 0.1) is 6.61 Å². The number of carbonyl (C=O) groups is 1. The highest BCUT2D eigenvalue weighted by Crippen LogP contribution is 2.01. The van der Waals surface area contributed by atoms with E-state index < -0.39 is 0 Å². The summed E-state index contributed by atoms with van der Waals surface area (Å²) in [5.74, 6) is -0.109. The van der Waals surface area contributed by atoms with Crippen LogP contribution in [0, 0.1) is 0 Å². The summed E-state index contributed by atoms with van der Waals surface area (Å²) in [5.41, 5.74) is 0. The molecule has 0 heterocycles. The fraction of sp³-hybridized carbons (Fsp3) is 0.432. The highest BCUT2D eigenvalue weighted by Gasteiger charge is 1.99. The molecule has 0 aliphatic carbocycles. The molecule has 0 amide bonds. The van der Waals surface area contributed by atoms with Crippen molar-refractivity contribution in [1.82, 2.24) is 0 Å². The van der Waals surface area contributed by atoms with Crippen molar-refractivity contribution in [2.45, 2.75) is 117 Å². The Kier molecular flexibility index (Phi) is 36.2. The number of ether oxygens (including phenoxy) is 1. The number of allylic oxidation sites excluding steroid dienone is 24. The Hall–Kier alpha value is -3.65. The number of hydrogen-bond donors (Lipinski definition) is 0. The molecule has 0 bridgehead atoms. The third-order valence-electron chi connectivity index (χ3n) is 6.49. The van der Waals surface area contributed by atoms with Gasteiger partial charge in [-0.3, -0.25) is 4.79 Å². The third-order valence-corrected chi connectivity index (χ3v) is 6.49. The van der Waals surface area contributed by atoms with E-state index in [1.807, 2.05) is 0 Å². The standard InChI is InChI=1S/C44H64O2/c1-3-5-7-9-11-13-15-17-19-21-23-25-27-29-31-33-35-37-39-41-43-46-44(45)42-40-38-36-34-32-30-28-26-24-22-20-18-16-14-12-10-8-6-4-2/h5-8,11-14,17-20,23-26,29-32,35-38H,3-4,9-10,15-16,21-22,27-28,33-34,39-43H2,1-2H3. The molecule has 2 heteroatoms. The summed E-state index contributed by atoms with van der Waals surface area (Å²) in [5, 5.41) is 0. The molecule has 0 radical (unpaired) electrons. The third kappa shape index (κ3) is 38.4. The number of esters is 1. The first-order valence-corrected chi connectivity index (χ1v) is 17.8. The average Bonchev–Trinajstić information content (AvgIpc) is 3.06. The van der Waals surface area contributed by atoms with Gasteiger partial charge in [-0.15, -0.1) is 0 Å². The van der Waals surface area contributed by atoms with Crippen molar-refractivity contribution >= 4 is 5.97 Å². The maximum absolute atomic E-state index is 11.9. The average molecular weight is 625 g/mol. The van der Waals surface area contributed by atoms with Crippen LogP contribution in [0.4, 0.5) is 0 Å². The first-order valence-electron chi connectivity index (χ1n) is 17.8. The maximum atomic E-state index is 11.9. The molecule has 0 rings (SSSR count). The van der Waals surface area contributed by atoms with Gasteiger partial charge >= 0.3 is 5.97 Å². The fourth-order valence-electron chi connectivity index (χ4n) is 3.94. The maximum Gasteiger partial charge on any atom is 0.306 e. The van der Waals surface area contributed by atoms with E-state index in [9.17, 15) is 4.79 Å². The molecule has 0 aliphatic heterocycles. The molecule has 0 fully saturated rings. The second kappa shape index (κ2) is 39.4. The fourth-order valence-corrected chi connectivity index (χ4v) is 3.94. The summed E-state index contributed by atoms with van der Waals surface area (Å²) in [6.45, 7) is 4.81. The molecule has 0 spiro atoms. The van der Waals surface area contributed by atoms with Gasteiger partial charge in [0.15, 0.2) is 0 Å². The van der Waals surface area contributed by atoms with E-state index >= 15 is 0 Å². The SMILES string of the molecule is CCC=CCC=CCC=CCC=CCC=CCC=CCCCOC(=O)CCC=CCC=CCC=CCC=CCC=CCC=CCC. The summed E-state index contributed by atoms with van der Waals surface area (Å²) in [6.07, 6.45) is 67.7. The second-order valence-corrected chi connectivity index (χ2v) is 10.7. The van der Waals surface area contributed by atoms with Crippen molar-refractivity contribution in [3.8, 4) is 0 Å². The van der Waals surface area contributed by atoms with Crippen LogP contribution >= 0.6 is 0 Å². The zero-order valence-corrected chi connectivity index (χ0v) is 29.2. The molecular formula is C44H64O2. The minimum atomic E-state index is -0.109. The molecule has 0 N–H and O–H groups in total. The lowest BCUT2D eigenvalue weighted by molar-refractivity contribution is -0.143. The van der Waals surface area contributed by atoms with Crippen LogP contribution in [0.15, 0.2) is 146 Å². The molecule has 252 valence electrons. The summed E-state index contributed by atoms with van der Waals surface area (Å²) in [6, 6.07) is 0. The normalized spacial score (nSPS) is 13.5. The summed E-state index contributed by atoms with van der Waals surface area (Å²) in [7, 11) is 0. The van der Waals surface area contributed by atoms with Gasteiger partial charge in [-0.25, -0.2) is 0 Å². The molecule has 0 atom stereocenters. The van der Waals surface area contributed by atoms with E-state index in [4.69, 9.17) is 4.74 Å². The van der Waals surface area contributed by atoms with Gasteiger partial charge in [-0.2, -0.15) is 0 Å². The Bertz CT molecular complexity index is 1030. The molecule has 0 aromatic rings. The van der Waals surface area contributed by atoms with Gasteiger partial charge < -0.3 is 4.74 Å². The van der Waals surface area contributed by atoms with E-state index in [-0.39, 0.29) is 5.97 Å². The van der Waals surface area contributed by atoms with Crippen LogP contribution in [-0.4, -0.2) is 12.6 Å². The molecule has 0 saturated heterocycles. The smallest absolute Gasteiger partial charge is 0.306 e. The monoisotopic (exact) mass is 624 g/mol. The van der Waals surface area contributed by atoms with Crippen molar-refractivity contribution < 1.29 is 9.53 Å². The highest BCUT2D eigenvalue weighted by molar-refractivity contribution is 5.69. The lowest BCUT2D eigenvalue weighted by Gasteiger charge is -2.02. The van der Waals surface area contributed by atoms with Gasteiger partial charge in [0.1, 0.15) is 0 Å². The van der Waals surface area contributed by atoms with Gasteiger partial charge in [-0.1, -0.05) is 160 Å². The van der Waals surface area contributed by atoms with Gasteiger partial charge in [0.2, 0.25) is 0 Å². The van der Waals surface area contributed by atoms with Crippen molar-refractivity contribution in [2.75, 3.05) is 6.61 Å².